The lowest BCUT2D eigenvalue weighted by molar-refractivity contribution is 0.00732. The first-order valence-electron chi connectivity index (χ1n) is 12.1. The smallest absolute Gasteiger partial charge is 0.257 e. The molecule has 1 aliphatic heterocycles. The van der Waals surface area contributed by atoms with Gasteiger partial charge in [-0.15, -0.1) is 0 Å². The molecular formula is C25H30N8O2. The van der Waals surface area contributed by atoms with Crippen LogP contribution in [0.5, 0.6) is 0 Å². The minimum atomic E-state index is -0.184. The Balaban J connectivity index is 1.44. The number of likely N-dealkylation sites (N-methyl/N-ethyl adjacent to an activating group) is 1. The van der Waals surface area contributed by atoms with Gasteiger partial charge < -0.3 is 24.8 Å². The molecule has 35 heavy (non-hydrogen) atoms. The van der Waals surface area contributed by atoms with Crippen LogP contribution in [0.15, 0.2) is 36.8 Å². The van der Waals surface area contributed by atoms with Crippen LogP contribution in [0.4, 0.5) is 5.82 Å². The number of anilines is 1. The number of carbonyl (C=O) groups is 1. The molecule has 4 aromatic rings. The Kier molecular flexibility index (Phi) is 5.42. The van der Waals surface area contributed by atoms with Crippen LogP contribution in [0.25, 0.3) is 27.9 Å². The van der Waals surface area contributed by atoms with E-state index in [1.807, 2.05) is 25.4 Å². The van der Waals surface area contributed by atoms with E-state index in [1.54, 1.807) is 17.8 Å². The van der Waals surface area contributed by atoms with E-state index in [-0.39, 0.29) is 18.1 Å². The number of hydrogen-bond acceptors (Lipinski definition) is 7. The Morgan fingerprint density at radius 3 is 2.83 bits per heavy atom. The van der Waals surface area contributed by atoms with Crippen LogP contribution in [0.2, 0.25) is 0 Å². The van der Waals surface area contributed by atoms with Crippen LogP contribution in [0, 0.1) is 0 Å². The monoisotopic (exact) mass is 474 g/mol. The highest BCUT2D eigenvalue weighted by Crippen LogP contribution is 2.34. The van der Waals surface area contributed by atoms with Crippen molar-refractivity contribution >= 4 is 28.4 Å². The molecule has 10 heteroatoms. The largest absolute Gasteiger partial charge is 0.379 e. The molecule has 1 saturated carbocycles. The zero-order valence-electron chi connectivity index (χ0n) is 20.2. The molecule has 6 rings (SSSR count). The highest BCUT2D eigenvalue weighted by atomic mass is 16.5. The third-order valence-electron chi connectivity index (χ3n) is 7.43. The Bertz CT molecular complexity index is 1410. The van der Waals surface area contributed by atoms with Gasteiger partial charge in [0.25, 0.3) is 5.91 Å². The van der Waals surface area contributed by atoms with E-state index in [0.717, 1.165) is 60.5 Å². The fraction of sp³-hybridized carbons (Fsp3) is 0.440. The summed E-state index contributed by atoms with van der Waals surface area (Å²) < 4.78 is 9.40. The van der Waals surface area contributed by atoms with E-state index >= 15 is 0 Å². The number of aromatic nitrogens is 5. The molecule has 1 aliphatic carbocycles. The number of carbonyl (C=O) groups excluding carboxylic acids is 1. The molecule has 10 nitrogen and oxygen atoms in total. The molecule has 2 N–H and O–H groups in total. The van der Waals surface area contributed by atoms with Crippen molar-refractivity contribution < 1.29 is 9.53 Å². The molecule has 1 saturated heterocycles. The first kappa shape index (κ1) is 22.0. The molecule has 3 atom stereocenters. The molecule has 0 spiro atoms. The average molecular weight is 475 g/mol. The number of nitrogens with zero attached hydrogens (tertiary/aromatic N) is 6. The summed E-state index contributed by atoms with van der Waals surface area (Å²) in [6.07, 6.45) is 8.59. The van der Waals surface area contributed by atoms with Gasteiger partial charge in [-0.05, 0) is 45.0 Å². The van der Waals surface area contributed by atoms with E-state index in [1.165, 1.54) is 0 Å². The van der Waals surface area contributed by atoms with Crippen molar-refractivity contribution in [2.75, 3.05) is 39.6 Å². The van der Waals surface area contributed by atoms with Crippen LogP contribution in [-0.4, -0.2) is 81.4 Å². The summed E-state index contributed by atoms with van der Waals surface area (Å²) in [7, 11) is 5.68. The van der Waals surface area contributed by atoms with Crippen LogP contribution in [0.3, 0.4) is 0 Å². The number of fused-ring (bicyclic) bond motifs is 2. The fourth-order valence-electron chi connectivity index (χ4n) is 5.31. The number of nitrogens with one attached hydrogen (secondary N) is 2. The number of amides is 1. The van der Waals surface area contributed by atoms with Crippen molar-refractivity contribution in [2.24, 2.45) is 0 Å². The molecule has 0 radical (unpaired) electrons. The van der Waals surface area contributed by atoms with Crippen molar-refractivity contribution in [3.8, 4) is 11.3 Å². The van der Waals surface area contributed by atoms with Crippen molar-refractivity contribution in [3.63, 3.8) is 0 Å². The lowest BCUT2D eigenvalue weighted by Crippen LogP contribution is -2.51. The molecule has 4 aromatic heterocycles. The molecule has 5 heterocycles. The summed E-state index contributed by atoms with van der Waals surface area (Å²) in [6.45, 7) is 2.06. The minimum absolute atomic E-state index is 0.0167. The average Bonchev–Trinajstić information content (AvgIpc) is 3.57. The van der Waals surface area contributed by atoms with Gasteiger partial charge in [0.15, 0.2) is 5.65 Å². The Morgan fingerprint density at radius 2 is 2.11 bits per heavy atom. The minimum Gasteiger partial charge on any atom is -0.379 e. The quantitative estimate of drug-likeness (QED) is 0.443. The molecule has 1 amide bonds. The first-order chi connectivity index (χ1) is 17.1. The summed E-state index contributed by atoms with van der Waals surface area (Å²) in [5, 5.41) is 11.8. The maximum absolute atomic E-state index is 13.2. The number of rotatable bonds is 6. The van der Waals surface area contributed by atoms with Crippen molar-refractivity contribution in [1.29, 1.82) is 0 Å². The second kappa shape index (κ2) is 8.62. The normalized spacial score (nSPS) is 22.5. The summed E-state index contributed by atoms with van der Waals surface area (Å²) in [5.41, 5.74) is 3.69. The molecule has 1 unspecified atom stereocenters. The van der Waals surface area contributed by atoms with Gasteiger partial charge in [0, 0.05) is 56.2 Å². The van der Waals surface area contributed by atoms with Gasteiger partial charge >= 0.3 is 0 Å². The number of methoxy groups -OCH3 is 1. The summed E-state index contributed by atoms with van der Waals surface area (Å²) in [6, 6.07) is 6.40. The summed E-state index contributed by atoms with van der Waals surface area (Å²) in [5.74, 6) is 0.574. The zero-order valence-corrected chi connectivity index (χ0v) is 20.2. The van der Waals surface area contributed by atoms with Crippen molar-refractivity contribution in [1.82, 2.24) is 34.4 Å². The lowest BCUT2D eigenvalue weighted by atomic mass is 9.89. The number of hydrogen-bond donors (Lipinski definition) is 2. The third kappa shape index (κ3) is 3.64. The summed E-state index contributed by atoms with van der Waals surface area (Å²) in [4.78, 5) is 25.2. The molecular weight excluding hydrogens is 444 g/mol. The van der Waals surface area contributed by atoms with Crippen molar-refractivity contribution in [3.05, 3.63) is 42.4 Å². The lowest BCUT2D eigenvalue weighted by Gasteiger charge is -2.35. The van der Waals surface area contributed by atoms with Crippen LogP contribution in [-0.2, 0) is 4.74 Å². The van der Waals surface area contributed by atoms with Gasteiger partial charge in [0.2, 0.25) is 0 Å². The Labute approximate surface area is 203 Å². The molecule has 0 bridgehead atoms. The van der Waals surface area contributed by atoms with Crippen molar-refractivity contribution in [2.45, 2.75) is 37.5 Å². The maximum Gasteiger partial charge on any atom is 0.257 e. The van der Waals surface area contributed by atoms with E-state index < -0.39 is 0 Å². The molecule has 0 aromatic carbocycles. The highest BCUT2D eigenvalue weighted by molar-refractivity contribution is 6.01. The van der Waals surface area contributed by atoms with Crippen LogP contribution in [0.1, 0.15) is 35.7 Å². The second-order valence-corrected chi connectivity index (χ2v) is 9.53. The number of likely N-dealkylation sites (tertiary alicyclic amines) is 1. The predicted molar refractivity (Wildman–Crippen MR) is 134 cm³/mol. The number of ether oxygens (including phenoxy) is 1. The van der Waals surface area contributed by atoms with Gasteiger partial charge in [-0.3, -0.25) is 4.79 Å². The molecule has 182 valence electrons. The topological polar surface area (TPSA) is 102 Å². The van der Waals surface area contributed by atoms with E-state index in [9.17, 15) is 4.79 Å². The van der Waals surface area contributed by atoms with Gasteiger partial charge in [0.1, 0.15) is 17.0 Å². The fourth-order valence-corrected chi connectivity index (χ4v) is 5.31. The first-order valence-corrected chi connectivity index (χ1v) is 12.1. The van der Waals surface area contributed by atoms with E-state index in [2.05, 4.69) is 44.5 Å². The predicted octanol–water partition coefficient (Wildman–Crippen LogP) is 2.57. The SMILES string of the molecule is CNc1cc(-c2cn([C@@H]3CCN(C)C3)c3ncccc23)nc2c(C(=O)NC3CC[C@H]3OC)cnn12. The zero-order chi connectivity index (χ0) is 24.1. The van der Waals surface area contributed by atoms with Gasteiger partial charge in [-0.25, -0.2) is 9.97 Å². The summed E-state index contributed by atoms with van der Waals surface area (Å²) >= 11 is 0. The van der Waals surface area contributed by atoms with Gasteiger partial charge in [-0.2, -0.15) is 9.61 Å². The third-order valence-corrected chi connectivity index (χ3v) is 7.43. The van der Waals surface area contributed by atoms with Crippen LogP contribution >= 0.6 is 0 Å². The van der Waals surface area contributed by atoms with Gasteiger partial charge in [-0.1, -0.05) is 0 Å². The number of pyridine rings is 1. The van der Waals surface area contributed by atoms with Crippen LogP contribution < -0.4 is 10.6 Å². The Morgan fingerprint density at radius 1 is 1.23 bits per heavy atom. The Hall–Kier alpha value is -3.50. The van der Waals surface area contributed by atoms with E-state index in [4.69, 9.17) is 14.7 Å². The maximum atomic E-state index is 13.2. The van der Waals surface area contributed by atoms with Gasteiger partial charge in [0.05, 0.1) is 24.0 Å². The molecule has 2 aliphatic rings. The highest BCUT2D eigenvalue weighted by Gasteiger charge is 2.33. The van der Waals surface area contributed by atoms with E-state index in [0.29, 0.717) is 17.3 Å². The second-order valence-electron chi connectivity index (χ2n) is 9.53. The molecule has 2 fully saturated rings. The standard InChI is InChI=1S/C25H30N8O2/c1-26-22-11-20(18-14-32(15-8-10-31(2)13-15)23-16(18)5-4-9-27-23)29-24-17(12-28-33(22)24)25(34)30-19-6-7-21(19)35-3/h4-5,9,11-12,14-15,19,21,26H,6-8,10,13H2,1-3H3,(H,30,34)/t15-,19?,21-/m1/s1.